The zero-order valence-corrected chi connectivity index (χ0v) is 27.2. The van der Waals surface area contributed by atoms with Crippen LogP contribution in [0.1, 0.15) is 0 Å². The van der Waals surface area contributed by atoms with Crippen LogP contribution in [0.4, 0.5) is 0 Å². The Labute approximate surface area is 288 Å². The molecule has 2 nitrogen and oxygen atoms in total. The number of hydrogen-bond acceptors (Lipinski definition) is 0. The summed E-state index contributed by atoms with van der Waals surface area (Å²) in [7, 11) is 0. The van der Waals surface area contributed by atoms with Gasteiger partial charge in [-0.2, -0.15) is 0 Å². The molecule has 2 heteroatoms. The summed E-state index contributed by atoms with van der Waals surface area (Å²) in [6.07, 6.45) is 0. The quantitative estimate of drug-likeness (QED) is 0.171. The summed E-state index contributed by atoms with van der Waals surface area (Å²) in [5, 5.41) is 12.7. The fraction of sp³-hybridized carbons (Fsp3) is 0. The van der Waals surface area contributed by atoms with E-state index in [1.54, 1.807) is 0 Å². The number of para-hydroxylation sites is 3. The molecule has 0 bridgehead atoms. The summed E-state index contributed by atoms with van der Waals surface area (Å²) in [6, 6.07) is 66.8. The molecule has 9 aromatic carbocycles. The Morgan fingerprint density at radius 2 is 0.800 bits per heavy atom. The lowest BCUT2D eigenvalue weighted by Crippen LogP contribution is -1.97. The van der Waals surface area contributed by atoms with Crippen molar-refractivity contribution in [2.75, 3.05) is 0 Å². The maximum absolute atomic E-state index is 2.50. The predicted molar refractivity (Wildman–Crippen MR) is 213 cm³/mol. The maximum Gasteiger partial charge on any atom is 0.0547 e. The second-order valence-corrected chi connectivity index (χ2v) is 13.3. The molecule has 0 aliphatic rings. The van der Waals surface area contributed by atoms with E-state index in [4.69, 9.17) is 0 Å². The van der Waals surface area contributed by atoms with Gasteiger partial charge in [-0.25, -0.2) is 0 Å². The van der Waals surface area contributed by atoms with Crippen LogP contribution in [0.15, 0.2) is 182 Å². The molecule has 0 aliphatic heterocycles. The van der Waals surface area contributed by atoms with Crippen molar-refractivity contribution < 1.29 is 0 Å². The monoisotopic (exact) mass is 634 g/mol. The normalized spacial score (nSPS) is 12.0. The van der Waals surface area contributed by atoms with Crippen LogP contribution in [0.2, 0.25) is 0 Å². The van der Waals surface area contributed by atoms with Crippen molar-refractivity contribution in [3.05, 3.63) is 182 Å². The van der Waals surface area contributed by atoms with Crippen LogP contribution < -0.4 is 0 Å². The number of benzene rings is 9. The molecule has 0 radical (unpaired) electrons. The van der Waals surface area contributed by atoms with Gasteiger partial charge in [0.2, 0.25) is 0 Å². The van der Waals surface area contributed by atoms with Gasteiger partial charge in [-0.05, 0) is 86.6 Å². The minimum atomic E-state index is 1.17. The molecule has 0 atom stereocenters. The molecule has 2 aromatic heterocycles. The first-order chi connectivity index (χ1) is 24.8. The van der Waals surface area contributed by atoms with Crippen LogP contribution >= 0.6 is 0 Å². The van der Waals surface area contributed by atoms with Crippen LogP contribution in [0, 0.1) is 0 Å². The molecular weight excluding hydrogens is 605 g/mol. The largest absolute Gasteiger partial charge is 0.309 e. The molecule has 0 amide bonds. The minimum Gasteiger partial charge on any atom is -0.309 e. The zero-order chi connectivity index (χ0) is 32.8. The Bertz CT molecular complexity index is 3140. The van der Waals surface area contributed by atoms with Gasteiger partial charge in [0.15, 0.2) is 0 Å². The Kier molecular flexibility index (Phi) is 5.70. The Balaban J connectivity index is 1.20. The summed E-state index contributed by atoms with van der Waals surface area (Å²) in [6.45, 7) is 0. The van der Waals surface area contributed by atoms with Crippen molar-refractivity contribution in [2.24, 2.45) is 0 Å². The lowest BCUT2D eigenvalue weighted by molar-refractivity contribution is 1.18. The molecule has 232 valence electrons. The molecule has 50 heavy (non-hydrogen) atoms. The molecule has 0 fully saturated rings. The van der Waals surface area contributed by atoms with Crippen molar-refractivity contribution in [3.8, 4) is 22.5 Å². The molecule has 0 saturated carbocycles. The van der Waals surface area contributed by atoms with E-state index in [0.29, 0.717) is 0 Å². The highest BCUT2D eigenvalue weighted by Gasteiger charge is 2.18. The lowest BCUT2D eigenvalue weighted by atomic mass is 9.95. The molecule has 0 unspecified atom stereocenters. The van der Waals surface area contributed by atoms with E-state index in [-0.39, 0.29) is 0 Å². The molecule has 11 rings (SSSR count). The van der Waals surface area contributed by atoms with Gasteiger partial charge in [0.25, 0.3) is 0 Å². The topological polar surface area (TPSA) is 9.86 Å². The highest BCUT2D eigenvalue weighted by molar-refractivity contribution is 6.21. The van der Waals surface area contributed by atoms with Gasteiger partial charge in [0.1, 0.15) is 0 Å². The second-order valence-electron chi connectivity index (χ2n) is 13.3. The van der Waals surface area contributed by atoms with Gasteiger partial charge in [-0.1, -0.05) is 133 Å². The van der Waals surface area contributed by atoms with E-state index >= 15 is 0 Å². The fourth-order valence-corrected chi connectivity index (χ4v) is 8.44. The highest BCUT2D eigenvalue weighted by atomic mass is 15.0. The van der Waals surface area contributed by atoms with Gasteiger partial charge in [0.05, 0.1) is 27.8 Å². The van der Waals surface area contributed by atoms with Crippen molar-refractivity contribution in [2.45, 2.75) is 0 Å². The van der Waals surface area contributed by atoms with Gasteiger partial charge in [-0.15, -0.1) is 0 Å². The average molecular weight is 635 g/mol. The Hall–Kier alpha value is -6.64. The second kappa shape index (κ2) is 10.4. The first-order valence-corrected chi connectivity index (χ1v) is 17.3. The molecule has 0 spiro atoms. The summed E-state index contributed by atoms with van der Waals surface area (Å²) >= 11 is 0. The SMILES string of the molecule is c1ccc(-n2c3ccccc3c3cc(-c4ccc5c6ccccc6n(-c6cc7c8ccccc8ccc7c7ccccc67)c5c4)ccc32)cc1. The van der Waals surface area contributed by atoms with E-state index in [9.17, 15) is 0 Å². The number of aromatic nitrogens is 2. The zero-order valence-electron chi connectivity index (χ0n) is 27.2. The third-order valence-corrected chi connectivity index (χ3v) is 10.7. The number of rotatable bonds is 3. The fourth-order valence-electron chi connectivity index (χ4n) is 8.44. The Morgan fingerprint density at radius 3 is 1.62 bits per heavy atom. The van der Waals surface area contributed by atoms with Gasteiger partial charge in [-0.3, -0.25) is 0 Å². The molecule has 0 aliphatic carbocycles. The minimum absolute atomic E-state index is 1.17. The van der Waals surface area contributed by atoms with Gasteiger partial charge >= 0.3 is 0 Å². The standard InChI is InChI=1S/C48H30N2/c1-2-13-34(14-3-1)49-44-20-10-9-19-40(44)43-28-32(24-27-46(43)49)33-23-26-41-39-18-8-11-21-45(39)50(47(41)29-33)48-30-42-35-15-5-4-12-31(35)22-25-37(42)36-16-6-7-17-38(36)48/h1-30H. The van der Waals surface area contributed by atoms with Crippen LogP contribution in [0.5, 0.6) is 0 Å². The molecule has 2 heterocycles. The van der Waals surface area contributed by atoms with E-state index in [0.717, 1.165) is 0 Å². The maximum atomic E-state index is 2.50. The van der Waals surface area contributed by atoms with E-state index in [1.807, 2.05) is 0 Å². The van der Waals surface area contributed by atoms with Gasteiger partial charge < -0.3 is 9.13 Å². The number of hydrogen-bond donors (Lipinski definition) is 0. The van der Waals surface area contributed by atoms with Gasteiger partial charge in [0, 0.05) is 32.6 Å². The van der Waals surface area contributed by atoms with Crippen molar-refractivity contribution in [1.29, 1.82) is 0 Å². The Morgan fingerprint density at radius 1 is 0.260 bits per heavy atom. The lowest BCUT2D eigenvalue weighted by Gasteiger charge is -2.16. The van der Waals surface area contributed by atoms with Crippen LogP contribution in [-0.2, 0) is 0 Å². The molecule has 11 aromatic rings. The molecular formula is C48H30N2. The van der Waals surface area contributed by atoms with Crippen molar-refractivity contribution in [1.82, 2.24) is 9.13 Å². The van der Waals surface area contributed by atoms with Crippen LogP contribution in [-0.4, -0.2) is 9.13 Å². The third kappa shape index (κ3) is 3.85. The summed E-state index contributed by atoms with van der Waals surface area (Å²) < 4.78 is 4.88. The average Bonchev–Trinajstić information content (AvgIpc) is 3.70. The predicted octanol–water partition coefficient (Wildman–Crippen LogP) is 13.0. The number of fused-ring (bicyclic) bond motifs is 11. The van der Waals surface area contributed by atoms with Crippen LogP contribution in [0.3, 0.4) is 0 Å². The summed E-state index contributed by atoms with van der Waals surface area (Å²) in [5.74, 6) is 0. The smallest absolute Gasteiger partial charge is 0.0547 e. The van der Waals surface area contributed by atoms with E-state index in [2.05, 4.69) is 191 Å². The third-order valence-electron chi connectivity index (χ3n) is 10.7. The van der Waals surface area contributed by atoms with E-state index < -0.39 is 0 Å². The summed E-state index contributed by atoms with van der Waals surface area (Å²) in [5.41, 5.74) is 9.65. The highest BCUT2D eigenvalue weighted by Crippen LogP contribution is 2.41. The van der Waals surface area contributed by atoms with Crippen LogP contribution in [0.25, 0.3) is 98.4 Å². The first-order valence-electron chi connectivity index (χ1n) is 17.3. The number of nitrogens with zero attached hydrogens (tertiary/aromatic N) is 2. The first kappa shape index (κ1) is 27.3. The van der Waals surface area contributed by atoms with Crippen molar-refractivity contribution >= 4 is 75.9 Å². The molecule has 0 N–H and O–H groups in total. The van der Waals surface area contributed by atoms with E-state index in [1.165, 1.54) is 98.4 Å². The summed E-state index contributed by atoms with van der Waals surface area (Å²) in [4.78, 5) is 0. The molecule has 0 saturated heterocycles. The van der Waals surface area contributed by atoms with Crippen molar-refractivity contribution in [3.63, 3.8) is 0 Å².